The third-order valence-corrected chi connectivity index (χ3v) is 4.59. The SMILES string of the molecule is O=S(=O)([O-])c1ccc(N/N=C\C=N/Nc2ccc(S(=O)(=O)[O-])cc2)cc1. The summed E-state index contributed by atoms with van der Waals surface area (Å²) in [6.07, 6.45) is 2.59. The van der Waals surface area contributed by atoms with Gasteiger partial charge in [-0.1, -0.05) is 0 Å². The molecule has 2 aromatic carbocycles. The van der Waals surface area contributed by atoms with Gasteiger partial charge in [-0.3, -0.25) is 10.9 Å². The van der Waals surface area contributed by atoms with E-state index in [1.54, 1.807) is 0 Å². The largest absolute Gasteiger partial charge is 0.744 e. The van der Waals surface area contributed by atoms with E-state index < -0.39 is 20.2 Å². The molecule has 138 valence electrons. The van der Waals surface area contributed by atoms with Crippen LogP contribution in [0.1, 0.15) is 0 Å². The Hall–Kier alpha value is -2.80. The van der Waals surface area contributed by atoms with E-state index in [1.807, 2.05) is 0 Å². The van der Waals surface area contributed by atoms with Crippen LogP contribution in [0.2, 0.25) is 0 Å². The van der Waals surface area contributed by atoms with E-state index in [2.05, 4.69) is 21.1 Å². The van der Waals surface area contributed by atoms with Crippen LogP contribution in [0, 0.1) is 0 Å². The number of nitrogens with zero attached hydrogens (tertiary/aromatic N) is 2. The van der Waals surface area contributed by atoms with Crippen molar-refractivity contribution in [1.82, 2.24) is 0 Å². The Morgan fingerprint density at radius 2 is 0.962 bits per heavy atom. The summed E-state index contributed by atoms with van der Waals surface area (Å²) in [7, 11) is -8.97. The molecule has 0 spiro atoms. The fourth-order valence-corrected chi connectivity index (χ4v) is 2.62. The average molecular weight is 396 g/mol. The number of hydrogen-bond acceptors (Lipinski definition) is 10. The Bertz CT molecular complexity index is 929. The monoisotopic (exact) mass is 396 g/mol. The van der Waals surface area contributed by atoms with Gasteiger partial charge in [0.2, 0.25) is 0 Å². The van der Waals surface area contributed by atoms with Crippen LogP contribution in [0.4, 0.5) is 11.4 Å². The Morgan fingerprint density at radius 1 is 0.654 bits per heavy atom. The van der Waals surface area contributed by atoms with E-state index in [-0.39, 0.29) is 9.79 Å². The number of hydrogen-bond donors (Lipinski definition) is 2. The van der Waals surface area contributed by atoms with Gasteiger partial charge in [0.1, 0.15) is 20.2 Å². The van der Waals surface area contributed by atoms with Crippen LogP contribution in [-0.2, 0) is 20.2 Å². The van der Waals surface area contributed by atoms with Crippen LogP contribution in [0.15, 0.2) is 68.5 Å². The predicted octanol–water partition coefficient (Wildman–Crippen LogP) is 0.990. The van der Waals surface area contributed by atoms with Gasteiger partial charge in [-0.15, -0.1) is 0 Å². The molecular formula is C14H12N4O6S2-2. The van der Waals surface area contributed by atoms with Crippen molar-refractivity contribution in [3.8, 4) is 0 Å². The van der Waals surface area contributed by atoms with Gasteiger partial charge in [0, 0.05) is 0 Å². The zero-order valence-electron chi connectivity index (χ0n) is 12.9. The van der Waals surface area contributed by atoms with Crippen molar-refractivity contribution in [2.45, 2.75) is 9.79 Å². The van der Waals surface area contributed by atoms with Crippen LogP contribution < -0.4 is 10.9 Å². The standard InChI is InChI=1S/C14H14N4O6S2/c19-25(20,21)13-5-1-11(2-6-13)17-15-9-10-16-18-12-3-7-14(8-4-12)26(22,23)24/h1-10,17-18H,(H,19,20,21)(H,22,23,24)/p-2/b15-9-,16-10-. The van der Waals surface area contributed by atoms with Gasteiger partial charge < -0.3 is 9.11 Å². The lowest BCUT2D eigenvalue weighted by atomic mass is 10.3. The Morgan fingerprint density at radius 3 is 1.23 bits per heavy atom. The second kappa shape index (κ2) is 8.05. The molecule has 0 bridgehead atoms. The maximum atomic E-state index is 10.8. The average Bonchev–Trinajstić information content (AvgIpc) is 2.57. The third kappa shape index (κ3) is 5.93. The van der Waals surface area contributed by atoms with Crippen molar-refractivity contribution in [3.05, 3.63) is 48.5 Å². The molecule has 0 amide bonds. The lowest BCUT2D eigenvalue weighted by molar-refractivity contribution is 0.461. The molecule has 2 aromatic rings. The van der Waals surface area contributed by atoms with Crippen LogP contribution in [-0.4, -0.2) is 38.4 Å². The molecule has 0 radical (unpaired) electrons. The Balaban J connectivity index is 1.85. The first-order chi connectivity index (χ1) is 12.2. The van der Waals surface area contributed by atoms with Crippen molar-refractivity contribution in [2.75, 3.05) is 10.9 Å². The van der Waals surface area contributed by atoms with Gasteiger partial charge in [0.05, 0.1) is 33.6 Å². The van der Waals surface area contributed by atoms with Gasteiger partial charge in [-0.2, -0.15) is 10.2 Å². The Kier molecular flexibility index (Phi) is 6.05. The minimum Gasteiger partial charge on any atom is -0.744 e. The minimum absolute atomic E-state index is 0.339. The maximum Gasteiger partial charge on any atom is 0.124 e. The van der Waals surface area contributed by atoms with Crippen molar-refractivity contribution in [1.29, 1.82) is 0 Å². The summed E-state index contributed by atoms with van der Waals surface area (Å²) in [4.78, 5) is -0.679. The lowest BCUT2D eigenvalue weighted by Gasteiger charge is -2.07. The molecule has 0 saturated heterocycles. The molecule has 0 aromatic heterocycles. The van der Waals surface area contributed by atoms with E-state index in [1.165, 1.54) is 36.7 Å². The fraction of sp³-hybridized carbons (Fsp3) is 0. The maximum absolute atomic E-state index is 10.8. The fourth-order valence-electron chi connectivity index (χ4n) is 1.68. The highest BCUT2D eigenvalue weighted by Gasteiger charge is 2.00. The molecule has 0 fully saturated rings. The van der Waals surface area contributed by atoms with Crippen molar-refractivity contribution < 1.29 is 25.9 Å². The van der Waals surface area contributed by atoms with Crippen molar-refractivity contribution in [3.63, 3.8) is 0 Å². The topological polar surface area (TPSA) is 163 Å². The highest BCUT2D eigenvalue weighted by molar-refractivity contribution is 7.86. The first kappa shape index (κ1) is 19.5. The Labute approximate surface area is 149 Å². The zero-order valence-corrected chi connectivity index (χ0v) is 14.6. The third-order valence-electron chi connectivity index (χ3n) is 2.89. The van der Waals surface area contributed by atoms with Gasteiger partial charge in [-0.25, -0.2) is 16.8 Å². The summed E-state index contributed by atoms with van der Waals surface area (Å²) in [5, 5.41) is 7.60. The molecule has 0 unspecified atom stereocenters. The van der Waals surface area contributed by atoms with E-state index in [0.29, 0.717) is 11.4 Å². The van der Waals surface area contributed by atoms with Crippen molar-refractivity contribution in [2.24, 2.45) is 10.2 Å². The molecule has 10 nitrogen and oxygen atoms in total. The number of anilines is 2. The zero-order chi connectivity index (χ0) is 19.2. The summed E-state index contributed by atoms with van der Waals surface area (Å²) in [6, 6.07) is 10.1. The lowest BCUT2D eigenvalue weighted by Crippen LogP contribution is -1.99. The minimum atomic E-state index is -4.49. The molecule has 0 heterocycles. The first-order valence-electron chi connectivity index (χ1n) is 6.85. The molecule has 0 saturated carbocycles. The molecule has 26 heavy (non-hydrogen) atoms. The van der Waals surface area contributed by atoms with E-state index >= 15 is 0 Å². The number of hydrazone groups is 2. The summed E-state index contributed by atoms with van der Waals surface area (Å²) >= 11 is 0. The van der Waals surface area contributed by atoms with Gasteiger partial charge in [0.15, 0.2) is 0 Å². The van der Waals surface area contributed by atoms with Crippen molar-refractivity contribution >= 4 is 44.0 Å². The summed E-state index contributed by atoms with van der Waals surface area (Å²) in [6.45, 7) is 0. The molecule has 2 N–H and O–H groups in total. The van der Waals surface area contributed by atoms with Crippen LogP contribution in [0.3, 0.4) is 0 Å². The molecular weight excluding hydrogens is 384 g/mol. The van der Waals surface area contributed by atoms with Crippen LogP contribution >= 0.6 is 0 Å². The normalized spacial score (nSPS) is 12.5. The van der Waals surface area contributed by atoms with Gasteiger partial charge in [-0.05, 0) is 48.5 Å². The van der Waals surface area contributed by atoms with E-state index in [0.717, 1.165) is 24.3 Å². The highest BCUT2D eigenvalue weighted by Crippen LogP contribution is 2.14. The molecule has 0 atom stereocenters. The molecule has 12 heteroatoms. The molecule has 0 aliphatic carbocycles. The second-order valence-corrected chi connectivity index (χ2v) is 7.50. The molecule has 2 rings (SSSR count). The van der Waals surface area contributed by atoms with Crippen LogP contribution in [0.25, 0.3) is 0 Å². The van der Waals surface area contributed by atoms with Gasteiger partial charge in [0.25, 0.3) is 0 Å². The van der Waals surface area contributed by atoms with Crippen LogP contribution in [0.5, 0.6) is 0 Å². The number of rotatable bonds is 7. The smallest absolute Gasteiger partial charge is 0.124 e. The molecule has 0 aliphatic heterocycles. The van der Waals surface area contributed by atoms with E-state index in [9.17, 15) is 25.9 Å². The predicted molar refractivity (Wildman–Crippen MR) is 93.0 cm³/mol. The quantitative estimate of drug-likeness (QED) is 0.397. The summed E-state index contributed by atoms with van der Waals surface area (Å²) < 4.78 is 64.7. The number of nitrogens with one attached hydrogen (secondary N) is 2. The summed E-state index contributed by atoms with van der Waals surface area (Å²) in [5.41, 5.74) is 6.12. The number of benzene rings is 2. The van der Waals surface area contributed by atoms with Gasteiger partial charge >= 0.3 is 0 Å². The second-order valence-electron chi connectivity index (χ2n) is 4.74. The molecule has 0 aliphatic rings. The summed E-state index contributed by atoms with van der Waals surface area (Å²) in [5.74, 6) is 0. The van der Waals surface area contributed by atoms with E-state index in [4.69, 9.17) is 0 Å². The highest BCUT2D eigenvalue weighted by atomic mass is 32.2. The first-order valence-corrected chi connectivity index (χ1v) is 9.66.